The first kappa shape index (κ1) is 23.6. The molecule has 0 aliphatic heterocycles. The van der Waals surface area contributed by atoms with Gasteiger partial charge in [0.05, 0.1) is 16.3 Å². The van der Waals surface area contributed by atoms with E-state index in [9.17, 15) is 13.2 Å². The van der Waals surface area contributed by atoms with Crippen LogP contribution in [0.25, 0.3) is 0 Å². The van der Waals surface area contributed by atoms with Crippen molar-refractivity contribution in [3.8, 4) is 0 Å². The number of halogens is 1. The monoisotopic (exact) mass is 392 g/mol. The van der Waals surface area contributed by atoms with Crippen molar-refractivity contribution in [3.63, 3.8) is 0 Å². The average molecular weight is 393 g/mol. The highest BCUT2D eigenvalue weighted by Crippen LogP contribution is 2.27. The standard InChI is InChI=1S/C16H28N4O3S.ClH/c1-5-18-14-9-8-13(24(22,23)20(6-2)7-3)12-15(14)19-16(21)10-11-17-4;/h8-9,12,17-18H,5-7,10-11H2,1-4H3,(H,19,21);1H. The SMILES string of the molecule is CCNc1ccc(S(=O)(=O)N(CC)CC)cc1NC(=O)CCNC.Cl. The second kappa shape index (κ2) is 11.3. The number of nitrogens with zero attached hydrogens (tertiary/aromatic N) is 1. The van der Waals surface area contributed by atoms with Gasteiger partial charge in [0.2, 0.25) is 15.9 Å². The van der Waals surface area contributed by atoms with Gasteiger partial charge in [-0.3, -0.25) is 4.79 Å². The second-order valence-corrected chi connectivity index (χ2v) is 7.17. The number of anilines is 2. The lowest BCUT2D eigenvalue weighted by Gasteiger charge is -2.20. The number of rotatable bonds is 10. The number of carbonyl (C=O) groups excluding carboxylic acids is 1. The van der Waals surface area contributed by atoms with Gasteiger partial charge in [0.15, 0.2) is 0 Å². The minimum Gasteiger partial charge on any atom is -0.384 e. The number of amides is 1. The van der Waals surface area contributed by atoms with Gasteiger partial charge in [-0.05, 0) is 32.2 Å². The molecule has 0 spiro atoms. The van der Waals surface area contributed by atoms with Gasteiger partial charge in [-0.1, -0.05) is 13.8 Å². The maximum Gasteiger partial charge on any atom is 0.243 e. The lowest BCUT2D eigenvalue weighted by atomic mass is 10.2. The van der Waals surface area contributed by atoms with Gasteiger partial charge in [0.25, 0.3) is 0 Å². The minimum atomic E-state index is -3.57. The normalized spacial score (nSPS) is 11.1. The third-order valence-electron chi connectivity index (χ3n) is 3.58. The van der Waals surface area contributed by atoms with Crippen LogP contribution in [0.5, 0.6) is 0 Å². The molecule has 0 aliphatic rings. The van der Waals surface area contributed by atoms with E-state index < -0.39 is 10.0 Å². The molecule has 0 bridgehead atoms. The molecular formula is C16H29ClN4O3S. The smallest absolute Gasteiger partial charge is 0.243 e. The van der Waals surface area contributed by atoms with Crippen LogP contribution in [0.3, 0.4) is 0 Å². The Kier molecular flexibility index (Phi) is 10.7. The third kappa shape index (κ3) is 6.47. The Morgan fingerprint density at radius 2 is 1.76 bits per heavy atom. The van der Waals surface area contributed by atoms with E-state index in [4.69, 9.17) is 0 Å². The molecule has 1 rings (SSSR count). The molecule has 0 aliphatic carbocycles. The fourth-order valence-electron chi connectivity index (χ4n) is 2.30. The van der Waals surface area contributed by atoms with Crippen molar-refractivity contribution in [1.29, 1.82) is 0 Å². The molecule has 1 aromatic rings. The van der Waals surface area contributed by atoms with Gasteiger partial charge in [0, 0.05) is 32.6 Å². The Bertz CT molecular complexity index is 649. The summed E-state index contributed by atoms with van der Waals surface area (Å²) < 4.78 is 26.7. The molecule has 0 saturated carbocycles. The largest absolute Gasteiger partial charge is 0.384 e. The first-order valence-electron chi connectivity index (χ1n) is 8.23. The predicted octanol–water partition coefficient (Wildman–Crippen LogP) is 2.12. The second-order valence-electron chi connectivity index (χ2n) is 5.23. The Labute approximate surface area is 157 Å². The van der Waals surface area contributed by atoms with Gasteiger partial charge < -0.3 is 16.0 Å². The van der Waals surface area contributed by atoms with Crippen LogP contribution in [0.15, 0.2) is 23.1 Å². The summed E-state index contributed by atoms with van der Waals surface area (Å²) >= 11 is 0. The predicted molar refractivity (Wildman–Crippen MR) is 105 cm³/mol. The van der Waals surface area contributed by atoms with E-state index in [1.54, 1.807) is 33.0 Å². The van der Waals surface area contributed by atoms with E-state index in [0.717, 1.165) is 0 Å². The van der Waals surface area contributed by atoms with E-state index in [1.165, 1.54) is 10.4 Å². The van der Waals surface area contributed by atoms with Crippen molar-refractivity contribution in [2.45, 2.75) is 32.1 Å². The number of nitrogens with one attached hydrogen (secondary N) is 3. The molecule has 0 fully saturated rings. The fraction of sp³-hybridized carbons (Fsp3) is 0.562. The van der Waals surface area contributed by atoms with Crippen LogP contribution in [0.4, 0.5) is 11.4 Å². The van der Waals surface area contributed by atoms with Crippen LogP contribution < -0.4 is 16.0 Å². The Morgan fingerprint density at radius 1 is 1.12 bits per heavy atom. The first-order valence-corrected chi connectivity index (χ1v) is 9.67. The van der Waals surface area contributed by atoms with Crippen molar-refractivity contribution in [1.82, 2.24) is 9.62 Å². The quantitative estimate of drug-likeness (QED) is 0.567. The van der Waals surface area contributed by atoms with E-state index >= 15 is 0 Å². The maximum atomic E-state index is 12.7. The molecular weight excluding hydrogens is 364 g/mol. The molecule has 7 nitrogen and oxygen atoms in total. The van der Waals surface area contributed by atoms with Gasteiger partial charge in [-0.25, -0.2) is 8.42 Å². The van der Waals surface area contributed by atoms with Crippen molar-refractivity contribution in [2.75, 3.05) is 43.9 Å². The molecule has 1 aromatic carbocycles. The van der Waals surface area contributed by atoms with E-state index in [-0.39, 0.29) is 23.2 Å². The summed E-state index contributed by atoms with van der Waals surface area (Å²) in [7, 11) is -1.79. The molecule has 144 valence electrons. The highest BCUT2D eigenvalue weighted by Gasteiger charge is 2.23. The van der Waals surface area contributed by atoms with Gasteiger partial charge >= 0.3 is 0 Å². The van der Waals surface area contributed by atoms with Crippen molar-refractivity contribution in [3.05, 3.63) is 18.2 Å². The maximum absolute atomic E-state index is 12.7. The number of sulfonamides is 1. The number of hydrogen-bond acceptors (Lipinski definition) is 5. The summed E-state index contributed by atoms with van der Waals surface area (Å²) in [5.41, 5.74) is 1.18. The lowest BCUT2D eigenvalue weighted by Crippen LogP contribution is -2.30. The molecule has 3 N–H and O–H groups in total. The summed E-state index contributed by atoms with van der Waals surface area (Å²) in [6.07, 6.45) is 0.315. The topological polar surface area (TPSA) is 90.5 Å². The van der Waals surface area contributed by atoms with E-state index in [2.05, 4.69) is 16.0 Å². The summed E-state index contributed by atoms with van der Waals surface area (Å²) in [5, 5.41) is 8.84. The molecule has 0 heterocycles. The lowest BCUT2D eigenvalue weighted by molar-refractivity contribution is -0.116. The molecule has 9 heteroatoms. The van der Waals surface area contributed by atoms with Gasteiger partial charge in [0.1, 0.15) is 0 Å². The Hall–Kier alpha value is -1.35. The van der Waals surface area contributed by atoms with Crippen LogP contribution in [0.1, 0.15) is 27.2 Å². The summed E-state index contributed by atoms with van der Waals surface area (Å²) in [6, 6.07) is 4.77. The van der Waals surface area contributed by atoms with Crippen LogP contribution in [0.2, 0.25) is 0 Å². The third-order valence-corrected chi connectivity index (χ3v) is 5.62. The first-order chi connectivity index (χ1) is 11.4. The zero-order valence-corrected chi connectivity index (χ0v) is 16.9. The van der Waals surface area contributed by atoms with Gasteiger partial charge in [-0.2, -0.15) is 4.31 Å². The molecule has 0 aromatic heterocycles. The fourth-order valence-corrected chi connectivity index (χ4v) is 3.78. The zero-order valence-electron chi connectivity index (χ0n) is 15.3. The Morgan fingerprint density at radius 3 is 2.28 bits per heavy atom. The molecule has 1 amide bonds. The summed E-state index contributed by atoms with van der Waals surface area (Å²) in [4.78, 5) is 12.2. The van der Waals surface area contributed by atoms with Crippen molar-refractivity contribution in [2.24, 2.45) is 0 Å². The highest BCUT2D eigenvalue weighted by atomic mass is 35.5. The van der Waals surface area contributed by atoms with Gasteiger partial charge in [-0.15, -0.1) is 12.4 Å². The average Bonchev–Trinajstić information content (AvgIpc) is 2.55. The van der Waals surface area contributed by atoms with E-state index in [0.29, 0.717) is 44.0 Å². The Balaban J connectivity index is 0.00000576. The molecule has 25 heavy (non-hydrogen) atoms. The van der Waals surface area contributed by atoms with Crippen molar-refractivity contribution >= 4 is 39.7 Å². The van der Waals surface area contributed by atoms with Crippen LogP contribution in [-0.2, 0) is 14.8 Å². The summed E-state index contributed by atoms with van der Waals surface area (Å²) in [5.74, 6) is -0.166. The minimum absolute atomic E-state index is 0. The van der Waals surface area contributed by atoms with Crippen LogP contribution >= 0.6 is 12.4 Å². The van der Waals surface area contributed by atoms with Crippen LogP contribution in [0, 0.1) is 0 Å². The molecule has 0 atom stereocenters. The number of benzene rings is 1. The van der Waals surface area contributed by atoms with Crippen LogP contribution in [-0.4, -0.2) is 51.9 Å². The number of hydrogen-bond donors (Lipinski definition) is 3. The zero-order chi connectivity index (χ0) is 18.2. The highest BCUT2D eigenvalue weighted by molar-refractivity contribution is 7.89. The molecule has 0 unspecified atom stereocenters. The number of carbonyl (C=O) groups is 1. The van der Waals surface area contributed by atoms with E-state index in [1.807, 2.05) is 6.92 Å². The molecule has 0 saturated heterocycles. The molecule has 0 radical (unpaired) electrons. The van der Waals surface area contributed by atoms with Crippen molar-refractivity contribution < 1.29 is 13.2 Å². The summed E-state index contributed by atoms with van der Waals surface area (Å²) in [6.45, 7) is 7.56.